The Labute approximate surface area is 97.0 Å². The molecule has 1 aromatic rings. The molecule has 1 aromatic carbocycles. The third kappa shape index (κ3) is 3.27. The van der Waals surface area contributed by atoms with Gasteiger partial charge in [-0.05, 0) is 18.9 Å². The molecule has 0 aliphatic carbocycles. The molecule has 0 amide bonds. The summed E-state index contributed by atoms with van der Waals surface area (Å²) in [6.45, 7) is 0. The number of nitrogens with one attached hydrogen (secondary N) is 1. The number of terminal acetylenes is 1. The predicted octanol–water partition coefficient (Wildman–Crippen LogP) is 2.00. The minimum absolute atomic E-state index is 0.0875. The zero-order chi connectivity index (χ0) is 11.8. The number of methoxy groups -OCH3 is 1. The minimum Gasteiger partial charge on any atom is -0.496 e. The van der Waals surface area contributed by atoms with Gasteiger partial charge < -0.3 is 4.74 Å². The van der Waals surface area contributed by atoms with Crippen LogP contribution in [0.25, 0.3) is 0 Å². The quantitative estimate of drug-likeness (QED) is 0.332. The van der Waals surface area contributed by atoms with Crippen LogP contribution in [-0.2, 0) is 0 Å². The monoisotopic (exact) mass is 218 g/mol. The molecule has 0 fully saturated rings. The average molecular weight is 218 g/mol. The fourth-order valence-corrected chi connectivity index (χ4v) is 1.69. The zero-order valence-corrected chi connectivity index (χ0v) is 9.57. The van der Waals surface area contributed by atoms with Gasteiger partial charge in [0.05, 0.1) is 7.11 Å². The summed E-state index contributed by atoms with van der Waals surface area (Å²) in [7, 11) is 1.66. The van der Waals surface area contributed by atoms with E-state index in [4.69, 9.17) is 17.0 Å². The Morgan fingerprint density at radius 3 is 2.88 bits per heavy atom. The van der Waals surface area contributed by atoms with Crippen molar-refractivity contribution in [2.45, 2.75) is 25.3 Å². The molecule has 86 valence electrons. The summed E-state index contributed by atoms with van der Waals surface area (Å²) >= 11 is 0. The summed E-state index contributed by atoms with van der Waals surface area (Å²) in [6.07, 6.45) is 7.85. The van der Waals surface area contributed by atoms with Gasteiger partial charge in [0.15, 0.2) is 0 Å². The van der Waals surface area contributed by atoms with E-state index in [1.807, 2.05) is 24.3 Å². The van der Waals surface area contributed by atoms with Crippen molar-refractivity contribution in [2.75, 3.05) is 7.11 Å². The number of ether oxygens (including phenoxy) is 1. The van der Waals surface area contributed by atoms with Crippen molar-refractivity contribution < 1.29 is 4.74 Å². The van der Waals surface area contributed by atoms with E-state index < -0.39 is 0 Å². The maximum atomic E-state index is 5.55. The van der Waals surface area contributed by atoms with Crippen LogP contribution < -0.4 is 16.0 Å². The van der Waals surface area contributed by atoms with E-state index in [0.717, 1.165) is 30.6 Å². The molecule has 3 N–H and O–H groups in total. The Morgan fingerprint density at radius 2 is 2.25 bits per heavy atom. The highest BCUT2D eigenvalue weighted by Crippen LogP contribution is 2.27. The summed E-state index contributed by atoms with van der Waals surface area (Å²) in [5.74, 6) is 9.03. The fourth-order valence-electron chi connectivity index (χ4n) is 1.69. The fraction of sp³-hybridized carbons (Fsp3) is 0.385. The first-order valence-electron chi connectivity index (χ1n) is 5.36. The highest BCUT2D eigenvalue weighted by atomic mass is 16.5. The Bertz CT molecular complexity index is 357. The van der Waals surface area contributed by atoms with Crippen LogP contribution in [-0.4, -0.2) is 7.11 Å². The zero-order valence-electron chi connectivity index (χ0n) is 9.57. The van der Waals surface area contributed by atoms with Gasteiger partial charge in [-0.2, -0.15) is 0 Å². The SMILES string of the molecule is C#CCCCC(NN)c1ccccc1OC. The second kappa shape index (κ2) is 6.89. The van der Waals surface area contributed by atoms with Crippen molar-refractivity contribution in [2.24, 2.45) is 5.84 Å². The average Bonchev–Trinajstić information content (AvgIpc) is 2.35. The molecular formula is C13H18N2O. The Morgan fingerprint density at radius 1 is 1.50 bits per heavy atom. The van der Waals surface area contributed by atoms with Gasteiger partial charge in [-0.25, -0.2) is 0 Å². The third-order valence-corrected chi connectivity index (χ3v) is 2.53. The van der Waals surface area contributed by atoms with Gasteiger partial charge in [0, 0.05) is 18.0 Å². The standard InChI is InChI=1S/C13H18N2O/c1-3-4-5-9-12(15-14)11-8-6-7-10-13(11)16-2/h1,6-8,10,12,15H,4-5,9,14H2,2H3. The molecule has 0 spiro atoms. The second-order valence-corrected chi connectivity index (χ2v) is 3.56. The molecule has 1 atom stereocenters. The van der Waals surface area contributed by atoms with Crippen LogP contribution >= 0.6 is 0 Å². The van der Waals surface area contributed by atoms with Crippen molar-refractivity contribution in [3.8, 4) is 18.1 Å². The number of hydrogen-bond acceptors (Lipinski definition) is 3. The van der Waals surface area contributed by atoms with Crippen LogP contribution in [0.5, 0.6) is 5.75 Å². The van der Waals surface area contributed by atoms with E-state index in [1.54, 1.807) is 7.11 Å². The van der Waals surface area contributed by atoms with Crippen LogP contribution in [0.15, 0.2) is 24.3 Å². The van der Waals surface area contributed by atoms with E-state index in [9.17, 15) is 0 Å². The first-order valence-corrected chi connectivity index (χ1v) is 5.36. The van der Waals surface area contributed by atoms with E-state index in [0.29, 0.717) is 0 Å². The van der Waals surface area contributed by atoms with Crippen LogP contribution in [0.4, 0.5) is 0 Å². The smallest absolute Gasteiger partial charge is 0.123 e. The van der Waals surface area contributed by atoms with Gasteiger partial charge in [-0.1, -0.05) is 18.2 Å². The highest BCUT2D eigenvalue weighted by molar-refractivity contribution is 5.35. The van der Waals surface area contributed by atoms with Crippen LogP contribution in [0.2, 0.25) is 0 Å². The number of nitrogens with two attached hydrogens (primary N) is 1. The van der Waals surface area contributed by atoms with Crippen molar-refractivity contribution in [1.29, 1.82) is 0 Å². The lowest BCUT2D eigenvalue weighted by Gasteiger charge is -2.18. The number of para-hydroxylation sites is 1. The van der Waals surface area contributed by atoms with E-state index >= 15 is 0 Å². The summed E-state index contributed by atoms with van der Waals surface area (Å²) < 4.78 is 5.30. The first-order chi connectivity index (χ1) is 7.83. The van der Waals surface area contributed by atoms with E-state index in [-0.39, 0.29) is 6.04 Å². The maximum absolute atomic E-state index is 5.55. The molecule has 0 aliphatic heterocycles. The van der Waals surface area contributed by atoms with Crippen LogP contribution in [0.3, 0.4) is 0 Å². The van der Waals surface area contributed by atoms with Gasteiger partial charge in [0.1, 0.15) is 5.75 Å². The molecule has 0 aliphatic rings. The molecule has 0 heterocycles. The summed E-state index contributed by atoms with van der Waals surface area (Å²) in [6, 6.07) is 7.95. The first kappa shape index (κ1) is 12.6. The number of hydrogen-bond donors (Lipinski definition) is 2. The molecule has 0 radical (unpaired) electrons. The molecular weight excluding hydrogens is 200 g/mol. The lowest BCUT2D eigenvalue weighted by atomic mass is 10.0. The lowest BCUT2D eigenvalue weighted by molar-refractivity contribution is 0.394. The topological polar surface area (TPSA) is 47.3 Å². The van der Waals surface area contributed by atoms with Gasteiger partial charge >= 0.3 is 0 Å². The number of unbranched alkanes of at least 4 members (excludes halogenated alkanes) is 1. The predicted molar refractivity (Wildman–Crippen MR) is 65.7 cm³/mol. The molecule has 0 saturated heterocycles. The largest absolute Gasteiger partial charge is 0.496 e. The maximum Gasteiger partial charge on any atom is 0.123 e. The molecule has 1 unspecified atom stereocenters. The Balaban J connectivity index is 2.74. The van der Waals surface area contributed by atoms with Gasteiger partial charge in [0.25, 0.3) is 0 Å². The molecule has 0 bridgehead atoms. The van der Waals surface area contributed by atoms with Crippen molar-refractivity contribution in [3.63, 3.8) is 0 Å². The summed E-state index contributed by atoms with van der Waals surface area (Å²) in [4.78, 5) is 0. The van der Waals surface area contributed by atoms with Crippen molar-refractivity contribution in [3.05, 3.63) is 29.8 Å². The van der Waals surface area contributed by atoms with E-state index in [1.165, 1.54) is 0 Å². The van der Waals surface area contributed by atoms with Crippen LogP contribution in [0.1, 0.15) is 30.9 Å². The number of benzene rings is 1. The van der Waals surface area contributed by atoms with Crippen molar-refractivity contribution in [1.82, 2.24) is 5.43 Å². The van der Waals surface area contributed by atoms with Gasteiger partial charge in [-0.15, -0.1) is 12.3 Å². The summed E-state index contributed by atoms with van der Waals surface area (Å²) in [5, 5.41) is 0. The summed E-state index contributed by atoms with van der Waals surface area (Å²) in [5.41, 5.74) is 3.88. The normalized spacial score (nSPS) is 11.8. The molecule has 3 heteroatoms. The molecule has 1 rings (SSSR count). The van der Waals surface area contributed by atoms with Crippen LogP contribution in [0, 0.1) is 12.3 Å². The van der Waals surface area contributed by atoms with Crippen molar-refractivity contribution >= 4 is 0 Å². The number of hydrazine groups is 1. The molecule has 16 heavy (non-hydrogen) atoms. The third-order valence-electron chi connectivity index (χ3n) is 2.53. The molecule has 0 saturated carbocycles. The Hall–Kier alpha value is -1.50. The van der Waals surface area contributed by atoms with E-state index in [2.05, 4.69) is 11.3 Å². The Kier molecular flexibility index (Phi) is 5.41. The molecule has 0 aromatic heterocycles. The molecule has 3 nitrogen and oxygen atoms in total. The highest BCUT2D eigenvalue weighted by Gasteiger charge is 2.13. The number of rotatable bonds is 6. The van der Waals surface area contributed by atoms with Gasteiger partial charge in [0.2, 0.25) is 0 Å². The second-order valence-electron chi connectivity index (χ2n) is 3.56. The lowest BCUT2D eigenvalue weighted by Crippen LogP contribution is -2.28. The minimum atomic E-state index is 0.0875. The van der Waals surface area contributed by atoms with Gasteiger partial charge in [-0.3, -0.25) is 11.3 Å².